The van der Waals surface area contributed by atoms with Crippen molar-refractivity contribution in [2.45, 2.75) is 27.4 Å². The summed E-state index contributed by atoms with van der Waals surface area (Å²) in [5.41, 5.74) is 11.0. The van der Waals surface area contributed by atoms with Crippen molar-refractivity contribution in [3.63, 3.8) is 0 Å². The maximum Gasteiger partial charge on any atom is 0.252 e. The first-order chi connectivity index (χ1) is 13.9. The molecule has 0 saturated carbocycles. The zero-order chi connectivity index (χ0) is 21.1. The lowest BCUT2D eigenvalue weighted by Crippen LogP contribution is -2.13. The molecule has 7 heteroatoms. The fourth-order valence-electron chi connectivity index (χ4n) is 3.47. The van der Waals surface area contributed by atoms with E-state index >= 15 is 0 Å². The van der Waals surface area contributed by atoms with Crippen LogP contribution in [0.3, 0.4) is 0 Å². The van der Waals surface area contributed by atoms with E-state index in [1.54, 1.807) is 18.7 Å². The van der Waals surface area contributed by atoms with Crippen LogP contribution in [0.1, 0.15) is 32.9 Å². The van der Waals surface area contributed by atoms with Gasteiger partial charge in [-0.05, 0) is 56.7 Å². The molecule has 0 bridgehead atoms. The molecule has 0 aliphatic heterocycles. The molecule has 0 spiro atoms. The Morgan fingerprint density at radius 1 is 1.17 bits per heavy atom. The maximum absolute atomic E-state index is 11.7. The molecule has 0 aliphatic carbocycles. The summed E-state index contributed by atoms with van der Waals surface area (Å²) in [6.45, 7) is 5.95. The third kappa shape index (κ3) is 3.89. The number of aryl methyl sites for hydroxylation is 2. The number of benzene rings is 2. The molecule has 0 atom stereocenters. The van der Waals surface area contributed by atoms with E-state index in [4.69, 9.17) is 15.2 Å². The molecule has 1 aromatic heterocycles. The van der Waals surface area contributed by atoms with E-state index in [2.05, 4.69) is 10.4 Å². The second-order valence-corrected chi connectivity index (χ2v) is 6.80. The summed E-state index contributed by atoms with van der Waals surface area (Å²) in [6, 6.07) is 11.6. The molecule has 7 nitrogen and oxygen atoms in total. The Morgan fingerprint density at radius 3 is 2.52 bits per heavy atom. The lowest BCUT2D eigenvalue weighted by molar-refractivity contribution is 0.0999. The Hall–Kier alpha value is -3.48. The fraction of sp³-hybridized carbons (Fsp3) is 0.273. The Morgan fingerprint density at radius 2 is 1.93 bits per heavy atom. The first-order valence-corrected chi connectivity index (χ1v) is 9.30. The number of ether oxygens (including phenoxy) is 2. The van der Waals surface area contributed by atoms with Gasteiger partial charge in [-0.15, -0.1) is 0 Å². The van der Waals surface area contributed by atoms with Gasteiger partial charge in [0.2, 0.25) is 0 Å². The smallest absolute Gasteiger partial charge is 0.252 e. The maximum atomic E-state index is 11.7. The monoisotopic (exact) mass is 394 g/mol. The number of nitrogens with zero attached hydrogens (tertiary/aromatic N) is 2. The molecule has 2 aromatic carbocycles. The highest BCUT2D eigenvalue weighted by molar-refractivity contribution is 5.95. The molecule has 1 amide bonds. The highest BCUT2D eigenvalue weighted by Gasteiger charge is 2.17. The van der Waals surface area contributed by atoms with E-state index in [0.29, 0.717) is 17.9 Å². The molecular formula is C22H26N4O3. The molecule has 3 rings (SSSR count). The fourth-order valence-corrected chi connectivity index (χ4v) is 3.47. The zero-order valence-corrected chi connectivity index (χ0v) is 17.4. The van der Waals surface area contributed by atoms with Gasteiger partial charge in [-0.25, -0.2) is 4.68 Å². The number of carbonyl (C=O) groups is 1. The third-order valence-electron chi connectivity index (χ3n) is 4.94. The van der Waals surface area contributed by atoms with Gasteiger partial charge in [0, 0.05) is 12.7 Å². The summed E-state index contributed by atoms with van der Waals surface area (Å²) < 4.78 is 13.3. The number of methoxy groups -OCH3 is 1. The van der Waals surface area contributed by atoms with Crippen molar-refractivity contribution < 1.29 is 14.3 Å². The average Bonchev–Trinajstić information content (AvgIpc) is 3.00. The van der Waals surface area contributed by atoms with Crippen molar-refractivity contribution >= 4 is 11.6 Å². The lowest BCUT2D eigenvalue weighted by Gasteiger charge is -2.16. The van der Waals surface area contributed by atoms with Gasteiger partial charge in [0.25, 0.3) is 5.91 Å². The summed E-state index contributed by atoms with van der Waals surface area (Å²) in [5, 5.41) is 7.63. The van der Waals surface area contributed by atoms with Crippen LogP contribution in [0.4, 0.5) is 5.69 Å². The number of primary amides is 1. The van der Waals surface area contributed by atoms with E-state index in [1.807, 2.05) is 57.3 Å². The van der Waals surface area contributed by atoms with E-state index in [0.717, 1.165) is 39.7 Å². The number of hydrogen-bond donors (Lipinski definition) is 2. The van der Waals surface area contributed by atoms with Crippen LogP contribution in [0.15, 0.2) is 36.4 Å². The van der Waals surface area contributed by atoms with Gasteiger partial charge in [-0.2, -0.15) is 5.10 Å². The quantitative estimate of drug-likeness (QED) is 0.640. The molecular weight excluding hydrogens is 368 g/mol. The Balaban J connectivity index is 1.87. The number of aromatic nitrogens is 2. The van der Waals surface area contributed by atoms with Crippen molar-refractivity contribution in [1.82, 2.24) is 9.78 Å². The normalized spacial score (nSPS) is 10.7. The van der Waals surface area contributed by atoms with Crippen molar-refractivity contribution in [3.05, 3.63) is 64.5 Å². The van der Waals surface area contributed by atoms with Crippen LogP contribution in [0.2, 0.25) is 0 Å². The van der Waals surface area contributed by atoms with Gasteiger partial charge < -0.3 is 20.5 Å². The van der Waals surface area contributed by atoms with Crippen LogP contribution in [0.5, 0.6) is 11.5 Å². The lowest BCUT2D eigenvalue weighted by atomic mass is 10.1. The van der Waals surface area contributed by atoms with Crippen molar-refractivity contribution in [2.75, 3.05) is 19.5 Å². The van der Waals surface area contributed by atoms with Crippen LogP contribution in [0.25, 0.3) is 5.69 Å². The molecule has 3 N–H and O–H groups in total. The minimum absolute atomic E-state index is 0.367. The van der Waals surface area contributed by atoms with Crippen LogP contribution >= 0.6 is 0 Å². The van der Waals surface area contributed by atoms with Crippen LogP contribution in [-0.4, -0.2) is 29.8 Å². The Bertz CT molecular complexity index is 1030. The van der Waals surface area contributed by atoms with Crippen LogP contribution in [-0.2, 0) is 6.61 Å². The molecule has 0 aliphatic rings. The summed E-state index contributed by atoms with van der Waals surface area (Å²) in [6.07, 6.45) is 0. The number of hydrogen-bond acceptors (Lipinski definition) is 5. The molecule has 0 radical (unpaired) electrons. The predicted molar refractivity (Wildman–Crippen MR) is 113 cm³/mol. The van der Waals surface area contributed by atoms with Gasteiger partial charge in [-0.1, -0.05) is 6.07 Å². The molecule has 1 heterocycles. The van der Waals surface area contributed by atoms with Gasteiger partial charge in [0.05, 0.1) is 35.3 Å². The van der Waals surface area contributed by atoms with Crippen molar-refractivity contribution in [2.24, 2.45) is 5.73 Å². The zero-order valence-electron chi connectivity index (χ0n) is 17.4. The predicted octanol–water partition coefficient (Wildman–Crippen LogP) is 3.53. The molecule has 3 aromatic rings. The average molecular weight is 394 g/mol. The summed E-state index contributed by atoms with van der Waals surface area (Å²) in [4.78, 5) is 11.7. The van der Waals surface area contributed by atoms with Gasteiger partial charge in [-0.3, -0.25) is 4.79 Å². The third-order valence-corrected chi connectivity index (χ3v) is 4.94. The number of nitrogens with one attached hydrogen (secondary N) is 1. The summed E-state index contributed by atoms with van der Waals surface area (Å²) in [5.74, 6) is 1.06. The van der Waals surface area contributed by atoms with Crippen molar-refractivity contribution in [3.8, 4) is 17.2 Å². The molecule has 29 heavy (non-hydrogen) atoms. The summed E-state index contributed by atoms with van der Waals surface area (Å²) in [7, 11) is 3.51. The number of carbonyl (C=O) groups excluding carboxylic acids is 1. The topological polar surface area (TPSA) is 91.4 Å². The standard InChI is InChI=1S/C22H26N4O3/c1-13-11-16(26-15(3)21(22(23)27)14(2)25-26)9-10-19(13)29-12-17-18(24-4)7-6-8-20(17)28-5/h6-11,24H,12H2,1-5H3,(H2,23,27). The second kappa shape index (κ2) is 8.26. The van der Waals surface area contributed by atoms with Crippen molar-refractivity contribution in [1.29, 1.82) is 0 Å². The Kier molecular flexibility index (Phi) is 5.77. The first-order valence-electron chi connectivity index (χ1n) is 9.30. The van der Waals surface area contributed by atoms with Gasteiger partial charge in [0.1, 0.15) is 18.1 Å². The van der Waals surface area contributed by atoms with E-state index < -0.39 is 5.91 Å². The highest BCUT2D eigenvalue weighted by atomic mass is 16.5. The second-order valence-electron chi connectivity index (χ2n) is 6.80. The number of rotatable bonds is 7. The SMILES string of the molecule is CNc1cccc(OC)c1COc1ccc(-n2nc(C)c(C(N)=O)c2C)cc1C. The van der Waals surface area contributed by atoms with Crippen LogP contribution in [0, 0.1) is 20.8 Å². The number of nitrogens with two attached hydrogens (primary N) is 1. The molecule has 0 fully saturated rings. The number of amides is 1. The molecule has 0 saturated heterocycles. The van der Waals surface area contributed by atoms with E-state index in [9.17, 15) is 4.79 Å². The molecule has 0 unspecified atom stereocenters. The highest BCUT2D eigenvalue weighted by Crippen LogP contribution is 2.29. The minimum atomic E-state index is -0.472. The summed E-state index contributed by atoms with van der Waals surface area (Å²) >= 11 is 0. The van der Waals surface area contributed by atoms with E-state index in [-0.39, 0.29) is 0 Å². The molecule has 152 valence electrons. The number of anilines is 1. The van der Waals surface area contributed by atoms with Crippen LogP contribution < -0.4 is 20.5 Å². The van der Waals surface area contributed by atoms with Gasteiger partial charge >= 0.3 is 0 Å². The van der Waals surface area contributed by atoms with Gasteiger partial charge in [0.15, 0.2) is 0 Å². The minimum Gasteiger partial charge on any atom is -0.496 e. The first kappa shape index (κ1) is 20.3. The van der Waals surface area contributed by atoms with E-state index in [1.165, 1.54) is 0 Å². The largest absolute Gasteiger partial charge is 0.496 e. The Labute approximate surface area is 170 Å².